The third-order valence-electron chi connectivity index (χ3n) is 3.45. The Morgan fingerprint density at radius 1 is 1.10 bits per heavy atom. The molecule has 2 amide bonds. The van der Waals surface area contributed by atoms with Crippen molar-refractivity contribution in [3.05, 3.63) is 29.8 Å². The van der Waals surface area contributed by atoms with Gasteiger partial charge in [-0.3, -0.25) is 9.59 Å². The number of nitrogens with one attached hydrogen (secondary N) is 1. The van der Waals surface area contributed by atoms with Crippen LogP contribution in [0.1, 0.15) is 24.8 Å². The van der Waals surface area contributed by atoms with Gasteiger partial charge in [0.2, 0.25) is 11.8 Å². The predicted octanol–water partition coefficient (Wildman–Crippen LogP) is 1.65. The quantitative estimate of drug-likeness (QED) is 0.829. The number of piperidine rings is 1. The molecule has 0 aromatic heterocycles. The molecular weight excluding hydrogens is 272 g/mol. The molecule has 1 saturated heterocycles. The number of benzene rings is 1. The number of likely N-dealkylation sites (tertiary alicyclic amines) is 1. The molecule has 4 nitrogen and oxygen atoms in total. The maximum Gasteiger partial charge on any atom is 0.241 e. The van der Waals surface area contributed by atoms with Crippen LogP contribution in [0.15, 0.2) is 29.2 Å². The average Bonchev–Trinajstić information content (AvgIpc) is 2.48. The monoisotopic (exact) mass is 292 g/mol. The number of carbonyl (C=O) groups excluding carboxylic acids is 2. The van der Waals surface area contributed by atoms with Crippen molar-refractivity contribution in [2.75, 3.05) is 19.6 Å². The van der Waals surface area contributed by atoms with E-state index >= 15 is 0 Å². The summed E-state index contributed by atoms with van der Waals surface area (Å²) >= 11 is 4.20. The van der Waals surface area contributed by atoms with Gasteiger partial charge in [-0.2, -0.15) is 0 Å². The average molecular weight is 292 g/mol. The van der Waals surface area contributed by atoms with E-state index in [4.69, 9.17) is 0 Å². The second-order valence-electron chi connectivity index (χ2n) is 5.06. The molecule has 1 aliphatic heterocycles. The number of hydrogen-bond donors (Lipinski definition) is 2. The highest BCUT2D eigenvalue weighted by atomic mass is 32.1. The Hall–Kier alpha value is -1.49. The third kappa shape index (κ3) is 4.56. The van der Waals surface area contributed by atoms with Gasteiger partial charge in [-0.05, 0) is 37.0 Å². The number of amides is 2. The summed E-state index contributed by atoms with van der Waals surface area (Å²) in [6.45, 7) is 1.74. The van der Waals surface area contributed by atoms with Crippen LogP contribution in [0.2, 0.25) is 0 Å². The van der Waals surface area contributed by atoms with E-state index in [1.807, 2.05) is 29.2 Å². The maximum atomic E-state index is 11.9. The van der Waals surface area contributed by atoms with Gasteiger partial charge in [-0.25, -0.2) is 0 Å². The Morgan fingerprint density at radius 3 is 2.40 bits per heavy atom. The molecule has 1 aromatic carbocycles. The molecule has 0 bridgehead atoms. The molecule has 0 atom stereocenters. The van der Waals surface area contributed by atoms with Gasteiger partial charge >= 0.3 is 0 Å². The van der Waals surface area contributed by atoms with E-state index in [0.29, 0.717) is 6.42 Å². The van der Waals surface area contributed by atoms with E-state index in [1.165, 1.54) is 6.42 Å². The van der Waals surface area contributed by atoms with Crippen LogP contribution in [-0.2, 0) is 16.0 Å². The van der Waals surface area contributed by atoms with E-state index in [2.05, 4.69) is 17.9 Å². The Labute approximate surface area is 124 Å². The first-order chi connectivity index (χ1) is 9.65. The van der Waals surface area contributed by atoms with Crippen LogP contribution in [0, 0.1) is 0 Å². The van der Waals surface area contributed by atoms with Crippen LogP contribution in [0.5, 0.6) is 0 Å². The lowest BCUT2D eigenvalue weighted by molar-refractivity contribution is -0.133. The SMILES string of the molecule is O=C(Cc1ccc(S)cc1)NCC(=O)N1CCCCC1. The lowest BCUT2D eigenvalue weighted by Gasteiger charge is -2.26. The summed E-state index contributed by atoms with van der Waals surface area (Å²) in [5.41, 5.74) is 0.922. The van der Waals surface area contributed by atoms with Crippen LogP contribution in [0.25, 0.3) is 0 Å². The molecule has 0 aliphatic carbocycles. The molecule has 0 spiro atoms. The first-order valence-electron chi connectivity index (χ1n) is 6.97. The zero-order chi connectivity index (χ0) is 14.4. The molecule has 0 unspecified atom stereocenters. The van der Waals surface area contributed by atoms with E-state index in [9.17, 15) is 9.59 Å². The Morgan fingerprint density at radius 2 is 1.75 bits per heavy atom. The minimum absolute atomic E-state index is 0.0174. The fraction of sp³-hybridized carbons (Fsp3) is 0.467. The van der Waals surface area contributed by atoms with Crippen LogP contribution in [-0.4, -0.2) is 36.3 Å². The number of hydrogen-bond acceptors (Lipinski definition) is 3. The van der Waals surface area contributed by atoms with Crippen LogP contribution in [0.4, 0.5) is 0 Å². The Kier molecular flexibility index (Phi) is 5.47. The van der Waals surface area contributed by atoms with Gasteiger partial charge in [0.05, 0.1) is 13.0 Å². The second kappa shape index (κ2) is 7.33. The van der Waals surface area contributed by atoms with Gasteiger partial charge in [0, 0.05) is 18.0 Å². The van der Waals surface area contributed by atoms with Gasteiger partial charge in [-0.15, -0.1) is 12.6 Å². The Bertz CT molecular complexity index is 467. The van der Waals surface area contributed by atoms with Crippen LogP contribution >= 0.6 is 12.6 Å². The summed E-state index contributed by atoms with van der Waals surface area (Å²) in [4.78, 5) is 26.4. The van der Waals surface area contributed by atoms with Crippen molar-refractivity contribution >= 4 is 24.4 Å². The molecule has 0 saturated carbocycles. The number of carbonyl (C=O) groups is 2. The first-order valence-corrected chi connectivity index (χ1v) is 7.42. The number of nitrogens with zero attached hydrogens (tertiary/aromatic N) is 1. The molecule has 1 aromatic rings. The summed E-state index contributed by atoms with van der Waals surface area (Å²) in [6, 6.07) is 7.44. The molecule has 5 heteroatoms. The van der Waals surface area contributed by atoms with E-state index in [1.54, 1.807) is 0 Å². The van der Waals surface area contributed by atoms with E-state index in [0.717, 1.165) is 36.4 Å². The van der Waals surface area contributed by atoms with Gasteiger partial charge in [0.25, 0.3) is 0 Å². The van der Waals surface area contributed by atoms with Gasteiger partial charge in [0.1, 0.15) is 0 Å². The van der Waals surface area contributed by atoms with Crippen LogP contribution in [0.3, 0.4) is 0 Å². The zero-order valence-electron chi connectivity index (χ0n) is 11.5. The predicted molar refractivity (Wildman–Crippen MR) is 80.8 cm³/mol. The highest BCUT2D eigenvalue weighted by molar-refractivity contribution is 7.80. The minimum Gasteiger partial charge on any atom is -0.347 e. The van der Waals surface area contributed by atoms with Crippen molar-refractivity contribution < 1.29 is 9.59 Å². The van der Waals surface area contributed by atoms with Crippen molar-refractivity contribution in [1.29, 1.82) is 0 Å². The minimum atomic E-state index is -0.123. The van der Waals surface area contributed by atoms with Crippen molar-refractivity contribution in [3.63, 3.8) is 0 Å². The largest absolute Gasteiger partial charge is 0.347 e. The highest BCUT2D eigenvalue weighted by Gasteiger charge is 2.16. The fourth-order valence-corrected chi connectivity index (χ4v) is 2.44. The smallest absolute Gasteiger partial charge is 0.241 e. The van der Waals surface area contributed by atoms with Crippen molar-refractivity contribution in [2.45, 2.75) is 30.6 Å². The molecule has 0 radical (unpaired) electrons. The molecular formula is C15H20N2O2S. The molecule has 20 heavy (non-hydrogen) atoms. The fourth-order valence-electron chi connectivity index (χ4n) is 2.29. The topological polar surface area (TPSA) is 49.4 Å². The second-order valence-corrected chi connectivity index (χ2v) is 5.58. The summed E-state index contributed by atoms with van der Waals surface area (Å²) in [7, 11) is 0. The summed E-state index contributed by atoms with van der Waals surface area (Å²) < 4.78 is 0. The lowest BCUT2D eigenvalue weighted by atomic mass is 10.1. The van der Waals surface area contributed by atoms with Gasteiger partial charge in [-0.1, -0.05) is 12.1 Å². The van der Waals surface area contributed by atoms with Crippen molar-refractivity contribution in [1.82, 2.24) is 10.2 Å². The van der Waals surface area contributed by atoms with Crippen LogP contribution < -0.4 is 5.32 Å². The van der Waals surface area contributed by atoms with Gasteiger partial charge in [0.15, 0.2) is 0 Å². The normalized spacial score (nSPS) is 14.9. The highest BCUT2D eigenvalue weighted by Crippen LogP contribution is 2.09. The summed E-state index contributed by atoms with van der Waals surface area (Å²) in [5, 5.41) is 2.69. The molecule has 1 heterocycles. The van der Waals surface area contributed by atoms with E-state index in [-0.39, 0.29) is 18.4 Å². The summed E-state index contributed by atoms with van der Waals surface area (Å²) in [5.74, 6) is -0.106. The molecule has 2 rings (SSSR count). The maximum absolute atomic E-state index is 11.9. The lowest BCUT2D eigenvalue weighted by Crippen LogP contribution is -2.42. The van der Waals surface area contributed by atoms with E-state index < -0.39 is 0 Å². The molecule has 108 valence electrons. The summed E-state index contributed by atoms with van der Waals surface area (Å²) in [6.07, 6.45) is 3.62. The standard InChI is InChI=1S/C15H20N2O2S/c18-14(10-12-4-6-13(20)7-5-12)16-11-15(19)17-8-2-1-3-9-17/h4-7,20H,1-3,8-11H2,(H,16,18). The zero-order valence-corrected chi connectivity index (χ0v) is 12.4. The first kappa shape index (κ1) is 14.9. The third-order valence-corrected chi connectivity index (χ3v) is 3.74. The van der Waals surface area contributed by atoms with Crippen molar-refractivity contribution in [2.24, 2.45) is 0 Å². The van der Waals surface area contributed by atoms with Crippen molar-refractivity contribution in [3.8, 4) is 0 Å². The number of rotatable bonds is 4. The molecule has 1 fully saturated rings. The Balaban J connectivity index is 1.74. The molecule has 1 aliphatic rings. The number of thiol groups is 1. The molecule has 1 N–H and O–H groups in total. The van der Waals surface area contributed by atoms with Gasteiger partial charge < -0.3 is 10.2 Å².